The van der Waals surface area contributed by atoms with Gasteiger partial charge in [0.2, 0.25) is 0 Å². The number of pyridine rings is 1. The minimum atomic E-state index is -3.13. The summed E-state index contributed by atoms with van der Waals surface area (Å²) in [6.07, 6.45) is 6.57. The van der Waals surface area contributed by atoms with Crippen LogP contribution in [0.3, 0.4) is 0 Å². The molecule has 2 aromatic heterocycles. The van der Waals surface area contributed by atoms with Crippen LogP contribution in [0.25, 0.3) is 10.9 Å². The Balaban J connectivity index is 1.56. The largest absolute Gasteiger partial charge is 0.494 e. The first-order valence-electron chi connectivity index (χ1n) is 11.0. The third-order valence-corrected chi connectivity index (χ3v) is 7.31. The van der Waals surface area contributed by atoms with Crippen molar-refractivity contribution in [3.63, 3.8) is 0 Å². The first-order chi connectivity index (χ1) is 15.7. The van der Waals surface area contributed by atoms with Gasteiger partial charge in [-0.25, -0.2) is 4.98 Å². The number of ether oxygens (including phenoxy) is 1. The van der Waals surface area contributed by atoms with Crippen LogP contribution in [-0.2, 0) is 5.92 Å². The summed E-state index contributed by atoms with van der Waals surface area (Å²) in [6.45, 7) is 3.02. The zero-order chi connectivity index (χ0) is 23.8. The van der Waals surface area contributed by atoms with Gasteiger partial charge in [-0.15, -0.1) is 0 Å². The predicted molar refractivity (Wildman–Crippen MR) is 133 cm³/mol. The quantitative estimate of drug-likeness (QED) is 0.278. The van der Waals surface area contributed by atoms with Crippen LogP contribution in [-0.4, -0.2) is 31.7 Å². The standard InChI is InChI=1S/C24H27F2IN4O2/c1-14(27)15-7-9-17(10-8-15)31-13-16-11-20(21(33-3)12-19(16)30-31)29-23(32)18-5-4-6-22(28-18)24(2,25)26/h4-6,11-15,17H,7-10H2,1-3H3,(H,29,32). The van der Waals surface area contributed by atoms with Crippen LogP contribution < -0.4 is 10.1 Å². The molecule has 1 fully saturated rings. The highest BCUT2D eigenvalue weighted by atomic mass is 127. The number of fused-ring (bicyclic) bond motifs is 1. The third kappa shape index (κ3) is 5.28. The summed E-state index contributed by atoms with van der Waals surface area (Å²) in [5.41, 5.74) is 0.672. The molecule has 33 heavy (non-hydrogen) atoms. The van der Waals surface area contributed by atoms with Crippen molar-refractivity contribution in [3.05, 3.63) is 47.9 Å². The zero-order valence-electron chi connectivity index (χ0n) is 18.8. The van der Waals surface area contributed by atoms with Gasteiger partial charge in [0.25, 0.3) is 11.8 Å². The summed E-state index contributed by atoms with van der Waals surface area (Å²) in [6, 6.07) is 7.94. The van der Waals surface area contributed by atoms with E-state index in [1.807, 2.05) is 10.9 Å². The van der Waals surface area contributed by atoms with Crippen LogP contribution in [0.1, 0.15) is 61.8 Å². The number of alkyl halides is 3. The highest BCUT2D eigenvalue weighted by Gasteiger charge is 2.28. The van der Waals surface area contributed by atoms with E-state index < -0.39 is 17.5 Å². The Morgan fingerprint density at radius 3 is 2.64 bits per heavy atom. The van der Waals surface area contributed by atoms with Gasteiger partial charge in [0.1, 0.15) is 17.1 Å². The van der Waals surface area contributed by atoms with Gasteiger partial charge in [0.05, 0.1) is 24.4 Å². The highest BCUT2D eigenvalue weighted by Crippen LogP contribution is 2.37. The van der Waals surface area contributed by atoms with E-state index in [1.165, 1.54) is 38.2 Å². The van der Waals surface area contributed by atoms with Crippen molar-refractivity contribution >= 4 is 45.1 Å². The van der Waals surface area contributed by atoms with Gasteiger partial charge < -0.3 is 10.1 Å². The zero-order valence-corrected chi connectivity index (χ0v) is 21.0. The summed E-state index contributed by atoms with van der Waals surface area (Å²) in [5, 5.41) is 8.38. The maximum atomic E-state index is 13.6. The molecule has 1 N–H and O–H groups in total. The molecule has 1 aliphatic rings. The first kappa shape index (κ1) is 23.8. The van der Waals surface area contributed by atoms with Gasteiger partial charge in [-0.3, -0.25) is 9.48 Å². The topological polar surface area (TPSA) is 69.0 Å². The number of rotatable bonds is 6. The molecule has 2 heterocycles. The Morgan fingerprint density at radius 1 is 1.27 bits per heavy atom. The number of anilines is 1. The fourth-order valence-corrected chi connectivity index (χ4v) is 5.06. The molecule has 1 aromatic carbocycles. The third-order valence-electron chi connectivity index (χ3n) is 6.29. The summed E-state index contributed by atoms with van der Waals surface area (Å²) in [4.78, 5) is 16.6. The molecule has 6 nitrogen and oxygen atoms in total. The van der Waals surface area contributed by atoms with Crippen LogP contribution in [0.4, 0.5) is 14.5 Å². The average Bonchev–Trinajstić information content (AvgIpc) is 3.21. The number of halogens is 3. The Hall–Kier alpha value is -2.30. The van der Waals surface area contributed by atoms with E-state index in [4.69, 9.17) is 9.84 Å². The maximum Gasteiger partial charge on any atom is 0.287 e. The van der Waals surface area contributed by atoms with Crippen molar-refractivity contribution in [3.8, 4) is 5.75 Å². The van der Waals surface area contributed by atoms with Gasteiger partial charge in [0.15, 0.2) is 0 Å². The molecule has 9 heteroatoms. The lowest BCUT2D eigenvalue weighted by Gasteiger charge is -2.30. The molecule has 1 amide bonds. The molecular formula is C24H27F2IN4O2. The second-order valence-electron chi connectivity index (χ2n) is 8.72. The molecule has 1 unspecified atom stereocenters. The molecule has 0 aliphatic heterocycles. The molecule has 1 saturated carbocycles. The summed E-state index contributed by atoms with van der Waals surface area (Å²) >= 11 is 2.51. The smallest absolute Gasteiger partial charge is 0.287 e. The summed E-state index contributed by atoms with van der Waals surface area (Å²) < 4.78 is 35.4. The molecule has 1 atom stereocenters. The SMILES string of the molecule is COc1cc2nn(C3CCC(C(C)I)CC3)cc2cc1NC(=O)c1cccc(C(C)(F)F)n1. The second-order valence-corrected chi connectivity index (χ2v) is 10.7. The lowest BCUT2D eigenvalue weighted by Crippen LogP contribution is -2.22. The van der Waals surface area contributed by atoms with Crippen molar-refractivity contribution in [1.29, 1.82) is 0 Å². The number of carbonyl (C=O) groups is 1. The van der Waals surface area contributed by atoms with Crippen LogP contribution in [0.15, 0.2) is 36.5 Å². The molecular weight excluding hydrogens is 541 g/mol. The van der Waals surface area contributed by atoms with Gasteiger partial charge >= 0.3 is 0 Å². The number of nitrogens with zero attached hydrogens (tertiary/aromatic N) is 3. The Kier molecular flexibility index (Phi) is 6.88. The predicted octanol–water partition coefficient (Wildman–Crippen LogP) is 6.36. The number of benzene rings is 1. The van der Waals surface area contributed by atoms with Gasteiger partial charge in [0, 0.05) is 28.5 Å². The number of methoxy groups -OCH3 is 1. The van der Waals surface area contributed by atoms with E-state index in [-0.39, 0.29) is 5.69 Å². The Bertz CT molecular complexity index is 1150. The summed E-state index contributed by atoms with van der Waals surface area (Å²) in [5.74, 6) is -2.51. The summed E-state index contributed by atoms with van der Waals surface area (Å²) in [7, 11) is 1.51. The number of hydrogen-bond donors (Lipinski definition) is 1. The highest BCUT2D eigenvalue weighted by molar-refractivity contribution is 14.1. The van der Waals surface area contributed by atoms with Crippen molar-refractivity contribution in [2.45, 2.75) is 55.4 Å². The molecule has 176 valence electrons. The Labute approximate surface area is 205 Å². The monoisotopic (exact) mass is 568 g/mol. The van der Waals surface area contributed by atoms with Crippen LogP contribution in [0.5, 0.6) is 5.75 Å². The van der Waals surface area contributed by atoms with Crippen molar-refractivity contribution in [1.82, 2.24) is 14.8 Å². The van der Waals surface area contributed by atoms with E-state index >= 15 is 0 Å². The van der Waals surface area contributed by atoms with Crippen LogP contribution in [0.2, 0.25) is 0 Å². The average molecular weight is 568 g/mol. The minimum absolute atomic E-state index is 0.0897. The van der Waals surface area contributed by atoms with Crippen molar-refractivity contribution in [2.75, 3.05) is 12.4 Å². The lowest BCUT2D eigenvalue weighted by molar-refractivity contribution is 0.0126. The van der Waals surface area contributed by atoms with E-state index in [2.05, 4.69) is 39.8 Å². The molecule has 1 aliphatic carbocycles. The van der Waals surface area contributed by atoms with E-state index in [0.717, 1.165) is 36.6 Å². The van der Waals surface area contributed by atoms with Gasteiger partial charge in [-0.1, -0.05) is 35.6 Å². The van der Waals surface area contributed by atoms with Crippen LogP contribution in [0, 0.1) is 5.92 Å². The molecule has 0 radical (unpaired) electrons. The normalized spacial score (nSPS) is 19.9. The second kappa shape index (κ2) is 9.52. The fraction of sp³-hybridized carbons (Fsp3) is 0.458. The van der Waals surface area contributed by atoms with Gasteiger partial charge in [-0.2, -0.15) is 13.9 Å². The minimum Gasteiger partial charge on any atom is -0.494 e. The van der Waals surface area contributed by atoms with Crippen LogP contribution >= 0.6 is 22.6 Å². The first-order valence-corrected chi connectivity index (χ1v) is 12.3. The van der Waals surface area contributed by atoms with Gasteiger partial charge in [-0.05, 0) is 49.8 Å². The lowest BCUT2D eigenvalue weighted by atomic mass is 9.84. The molecule has 0 bridgehead atoms. The van der Waals surface area contributed by atoms with Crippen molar-refractivity contribution in [2.24, 2.45) is 5.92 Å². The maximum absolute atomic E-state index is 13.6. The molecule has 4 rings (SSSR count). The van der Waals surface area contributed by atoms with E-state index in [0.29, 0.717) is 21.4 Å². The number of carbonyl (C=O) groups excluding carboxylic acids is 1. The molecule has 0 spiro atoms. The molecule has 3 aromatic rings. The fourth-order valence-electron chi connectivity index (χ4n) is 4.34. The molecule has 0 saturated heterocycles. The van der Waals surface area contributed by atoms with E-state index in [1.54, 1.807) is 12.1 Å². The number of aromatic nitrogens is 3. The number of amides is 1. The Morgan fingerprint density at radius 2 is 2.00 bits per heavy atom. The number of nitrogens with one attached hydrogen (secondary N) is 1. The van der Waals surface area contributed by atoms with E-state index in [9.17, 15) is 13.6 Å². The number of hydrogen-bond acceptors (Lipinski definition) is 4. The van der Waals surface area contributed by atoms with Crippen molar-refractivity contribution < 1.29 is 18.3 Å².